The lowest BCUT2D eigenvalue weighted by Crippen LogP contribution is -2.31. The predicted octanol–water partition coefficient (Wildman–Crippen LogP) is 3.91. The molecule has 1 unspecified atom stereocenters. The number of nitrogens with one attached hydrogen (secondary N) is 1. The zero-order chi connectivity index (χ0) is 18.5. The molecule has 0 bridgehead atoms. The maximum Gasteiger partial charge on any atom is 0.338 e. The van der Waals surface area contributed by atoms with Crippen molar-refractivity contribution >= 4 is 11.9 Å². The lowest BCUT2D eigenvalue weighted by atomic mass is 9.89. The van der Waals surface area contributed by atoms with Gasteiger partial charge < -0.3 is 10.1 Å². The van der Waals surface area contributed by atoms with Gasteiger partial charge in [-0.25, -0.2) is 4.79 Å². The van der Waals surface area contributed by atoms with E-state index >= 15 is 0 Å². The van der Waals surface area contributed by atoms with Crippen molar-refractivity contribution < 1.29 is 14.3 Å². The molecule has 2 aromatic rings. The van der Waals surface area contributed by atoms with E-state index in [2.05, 4.69) is 23.5 Å². The van der Waals surface area contributed by atoms with Crippen LogP contribution < -0.4 is 5.32 Å². The fraction of sp³-hybridized carbons (Fsp3) is 0.364. The number of hydrogen-bond acceptors (Lipinski definition) is 3. The lowest BCUT2D eigenvalue weighted by molar-refractivity contribution is -0.124. The first-order valence-electron chi connectivity index (χ1n) is 9.18. The zero-order valence-corrected chi connectivity index (χ0v) is 15.4. The van der Waals surface area contributed by atoms with Crippen molar-refractivity contribution in [2.75, 3.05) is 6.61 Å². The Bertz CT molecular complexity index is 813. The summed E-state index contributed by atoms with van der Waals surface area (Å²) >= 11 is 0. The molecular formula is C22H25NO3. The summed E-state index contributed by atoms with van der Waals surface area (Å²) in [5, 5.41) is 2.91. The smallest absolute Gasteiger partial charge is 0.338 e. The number of benzene rings is 2. The number of hydrogen-bond donors (Lipinski definition) is 1. The third kappa shape index (κ3) is 4.51. The fourth-order valence-electron chi connectivity index (χ4n) is 3.38. The molecule has 0 spiro atoms. The summed E-state index contributed by atoms with van der Waals surface area (Å²) in [4.78, 5) is 24.1. The Morgan fingerprint density at radius 1 is 1.08 bits per heavy atom. The summed E-state index contributed by atoms with van der Waals surface area (Å²) in [6.07, 6.45) is 4.74. The number of rotatable bonds is 5. The highest BCUT2D eigenvalue weighted by atomic mass is 16.5. The van der Waals surface area contributed by atoms with Gasteiger partial charge in [-0.15, -0.1) is 0 Å². The van der Waals surface area contributed by atoms with Gasteiger partial charge in [0.15, 0.2) is 6.61 Å². The van der Waals surface area contributed by atoms with E-state index in [1.165, 1.54) is 24.0 Å². The molecule has 0 saturated carbocycles. The Labute approximate surface area is 154 Å². The molecular weight excluding hydrogens is 326 g/mol. The minimum Gasteiger partial charge on any atom is -0.452 e. The van der Waals surface area contributed by atoms with E-state index in [0.29, 0.717) is 5.56 Å². The van der Waals surface area contributed by atoms with Gasteiger partial charge in [0, 0.05) is 0 Å². The van der Waals surface area contributed by atoms with Crippen LogP contribution in [-0.2, 0) is 22.4 Å². The van der Waals surface area contributed by atoms with Crippen LogP contribution in [0.1, 0.15) is 58.4 Å². The summed E-state index contributed by atoms with van der Waals surface area (Å²) in [6.45, 7) is 3.58. The first-order chi connectivity index (χ1) is 12.5. The monoisotopic (exact) mass is 351 g/mol. The first-order valence-corrected chi connectivity index (χ1v) is 9.18. The molecule has 0 aliphatic heterocycles. The number of amides is 1. The van der Waals surface area contributed by atoms with Crippen molar-refractivity contribution in [2.24, 2.45) is 0 Å². The second kappa shape index (κ2) is 8.17. The van der Waals surface area contributed by atoms with Crippen LogP contribution in [0.15, 0.2) is 42.5 Å². The molecule has 0 radical (unpaired) electrons. The molecule has 1 atom stereocenters. The Kier molecular flexibility index (Phi) is 5.71. The Morgan fingerprint density at radius 2 is 1.85 bits per heavy atom. The summed E-state index contributed by atoms with van der Waals surface area (Å²) in [6, 6.07) is 13.5. The summed E-state index contributed by atoms with van der Waals surface area (Å²) in [5.74, 6) is -0.776. The molecule has 3 rings (SSSR count). The van der Waals surface area contributed by atoms with Crippen LogP contribution >= 0.6 is 0 Å². The van der Waals surface area contributed by atoms with Gasteiger partial charge in [-0.3, -0.25) is 4.79 Å². The largest absolute Gasteiger partial charge is 0.452 e. The van der Waals surface area contributed by atoms with Crippen LogP contribution in [0.3, 0.4) is 0 Å². The van der Waals surface area contributed by atoms with Crippen molar-refractivity contribution in [1.82, 2.24) is 5.32 Å². The maximum atomic E-state index is 12.1. The molecule has 4 heteroatoms. The molecule has 0 fully saturated rings. The molecule has 26 heavy (non-hydrogen) atoms. The van der Waals surface area contributed by atoms with E-state index in [9.17, 15) is 9.59 Å². The van der Waals surface area contributed by atoms with Crippen LogP contribution in [-0.4, -0.2) is 18.5 Å². The summed E-state index contributed by atoms with van der Waals surface area (Å²) in [5.41, 5.74) is 5.33. The minimum atomic E-state index is -0.481. The van der Waals surface area contributed by atoms with Crippen LogP contribution in [0.4, 0.5) is 0 Å². The first kappa shape index (κ1) is 18.2. The normalized spacial score (nSPS) is 14.2. The Hall–Kier alpha value is -2.62. The number of aryl methyl sites for hydroxylation is 3. The summed E-state index contributed by atoms with van der Waals surface area (Å²) < 4.78 is 5.12. The van der Waals surface area contributed by atoms with E-state index in [0.717, 1.165) is 24.0 Å². The van der Waals surface area contributed by atoms with E-state index in [1.807, 2.05) is 19.9 Å². The van der Waals surface area contributed by atoms with Crippen molar-refractivity contribution in [3.63, 3.8) is 0 Å². The van der Waals surface area contributed by atoms with E-state index in [1.54, 1.807) is 18.2 Å². The molecule has 136 valence electrons. The Balaban J connectivity index is 1.53. The van der Waals surface area contributed by atoms with Crippen molar-refractivity contribution in [1.29, 1.82) is 0 Å². The van der Waals surface area contributed by atoms with Crippen LogP contribution in [0.25, 0.3) is 0 Å². The summed E-state index contributed by atoms with van der Waals surface area (Å²) in [7, 11) is 0. The lowest BCUT2D eigenvalue weighted by Gasteiger charge is -2.20. The molecule has 4 nitrogen and oxygen atoms in total. The van der Waals surface area contributed by atoms with Gasteiger partial charge in [0.2, 0.25) is 0 Å². The molecule has 0 saturated heterocycles. The highest BCUT2D eigenvalue weighted by Gasteiger charge is 2.15. The molecule has 0 aromatic heterocycles. The van der Waals surface area contributed by atoms with Crippen LogP contribution in [0.5, 0.6) is 0 Å². The number of ether oxygens (including phenoxy) is 1. The van der Waals surface area contributed by atoms with E-state index in [-0.39, 0.29) is 18.6 Å². The van der Waals surface area contributed by atoms with Crippen molar-refractivity contribution in [3.05, 3.63) is 70.3 Å². The average Bonchev–Trinajstić information content (AvgIpc) is 2.65. The number of fused-ring (bicyclic) bond motifs is 1. The minimum absolute atomic E-state index is 0.118. The van der Waals surface area contributed by atoms with Gasteiger partial charge in [-0.1, -0.05) is 35.9 Å². The molecule has 1 N–H and O–H groups in total. The van der Waals surface area contributed by atoms with Gasteiger partial charge in [-0.2, -0.15) is 0 Å². The molecule has 0 heterocycles. The molecule has 1 amide bonds. The van der Waals surface area contributed by atoms with Gasteiger partial charge in [0.1, 0.15) is 0 Å². The highest BCUT2D eigenvalue weighted by molar-refractivity contribution is 5.91. The van der Waals surface area contributed by atoms with Gasteiger partial charge in [0.05, 0.1) is 11.6 Å². The third-order valence-corrected chi connectivity index (χ3v) is 4.84. The van der Waals surface area contributed by atoms with Crippen LogP contribution in [0.2, 0.25) is 0 Å². The molecule has 2 aromatic carbocycles. The second-order valence-electron chi connectivity index (χ2n) is 6.97. The van der Waals surface area contributed by atoms with Gasteiger partial charge >= 0.3 is 5.97 Å². The predicted molar refractivity (Wildman–Crippen MR) is 101 cm³/mol. The molecule has 1 aliphatic rings. The van der Waals surface area contributed by atoms with Crippen molar-refractivity contribution in [2.45, 2.75) is 45.6 Å². The van der Waals surface area contributed by atoms with Gasteiger partial charge in [-0.05, 0) is 68.4 Å². The second-order valence-corrected chi connectivity index (χ2v) is 6.97. The SMILES string of the molecule is Cc1cccc(C(=O)OCC(=O)NC(C)c2ccc3c(c2)CCCC3)c1. The topological polar surface area (TPSA) is 55.4 Å². The number of esters is 1. The number of carbonyl (C=O) groups is 2. The standard InChI is InChI=1S/C22H25NO3/c1-15-6-5-9-20(12-15)22(25)26-14-21(24)23-16(2)18-11-10-17-7-3-4-8-19(17)13-18/h5-6,9-13,16H,3-4,7-8,14H2,1-2H3,(H,23,24). The Morgan fingerprint density at radius 3 is 2.62 bits per heavy atom. The average molecular weight is 351 g/mol. The highest BCUT2D eigenvalue weighted by Crippen LogP contribution is 2.24. The fourth-order valence-corrected chi connectivity index (χ4v) is 3.38. The van der Waals surface area contributed by atoms with Gasteiger partial charge in [0.25, 0.3) is 5.91 Å². The van der Waals surface area contributed by atoms with Crippen LogP contribution in [0, 0.1) is 6.92 Å². The van der Waals surface area contributed by atoms with Crippen molar-refractivity contribution in [3.8, 4) is 0 Å². The zero-order valence-electron chi connectivity index (χ0n) is 15.4. The quantitative estimate of drug-likeness (QED) is 0.831. The van der Waals surface area contributed by atoms with E-state index < -0.39 is 5.97 Å². The van der Waals surface area contributed by atoms with E-state index in [4.69, 9.17) is 4.74 Å². The third-order valence-electron chi connectivity index (χ3n) is 4.84. The number of carbonyl (C=O) groups excluding carboxylic acids is 2. The molecule has 1 aliphatic carbocycles. The maximum absolute atomic E-state index is 12.1.